The zero-order valence-corrected chi connectivity index (χ0v) is 12.7. The molecule has 0 aliphatic carbocycles. The number of aliphatic carboxylic acids is 1. The van der Waals surface area contributed by atoms with Gasteiger partial charge in [0.15, 0.2) is 0 Å². The molecule has 1 aromatic rings. The predicted octanol–water partition coefficient (Wildman–Crippen LogP) is 2.13. The molecule has 1 aromatic carbocycles. The normalized spacial score (nSPS) is 28.0. The number of ether oxygens (including phenoxy) is 1. The van der Waals surface area contributed by atoms with Gasteiger partial charge in [-0.15, -0.1) is 0 Å². The molecule has 2 aliphatic heterocycles. The lowest BCUT2D eigenvalue weighted by Gasteiger charge is -2.20. The molecular weight excluding hydrogens is 282 g/mol. The molecule has 2 saturated heterocycles. The Morgan fingerprint density at radius 1 is 1.41 bits per heavy atom. The number of amides is 1. The second-order valence-corrected chi connectivity index (χ2v) is 6.53. The average Bonchev–Trinajstić information content (AvgIpc) is 3.17. The molecule has 0 spiro atoms. The summed E-state index contributed by atoms with van der Waals surface area (Å²) >= 11 is 0. The highest BCUT2D eigenvalue weighted by Crippen LogP contribution is 2.32. The molecule has 5 heteroatoms. The third-order valence-corrected chi connectivity index (χ3v) is 4.81. The van der Waals surface area contributed by atoms with E-state index in [1.54, 1.807) is 17.9 Å². The van der Waals surface area contributed by atoms with E-state index >= 15 is 0 Å². The summed E-state index contributed by atoms with van der Waals surface area (Å²) in [7, 11) is 0. The van der Waals surface area contributed by atoms with E-state index in [-0.39, 0.29) is 12.5 Å². The number of rotatable bonds is 3. The van der Waals surface area contributed by atoms with Crippen molar-refractivity contribution in [1.29, 1.82) is 0 Å². The maximum atomic E-state index is 12.6. The van der Waals surface area contributed by atoms with E-state index in [2.05, 4.69) is 0 Å². The zero-order chi connectivity index (χ0) is 15.7. The average molecular weight is 303 g/mol. The number of carbonyl (C=O) groups excluding carboxylic acids is 1. The van der Waals surface area contributed by atoms with Crippen LogP contribution in [0.1, 0.15) is 41.6 Å². The number of carbonyl (C=O) groups is 2. The van der Waals surface area contributed by atoms with E-state index in [4.69, 9.17) is 4.74 Å². The Labute approximate surface area is 129 Å². The van der Waals surface area contributed by atoms with Crippen molar-refractivity contribution in [2.75, 3.05) is 26.3 Å². The van der Waals surface area contributed by atoms with Gasteiger partial charge in [-0.05, 0) is 37.5 Å². The fraction of sp³-hybridized carbons (Fsp3) is 0.529. The molecule has 0 saturated carbocycles. The van der Waals surface area contributed by atoms with Gasteiger partial charge in [0.05, 0.1) is 12.0 Å². The third kappa shape index (κ3) is 2.73. The fourth-order valence-corrected chi connectivity index (χ4v) is 3.21. The van der Waals surface area contributed by atoms with Crippen molar-refractivity contribution >= 4 is 11.9 Å². The predicted molar refractivity (Wildman–Crippen MR) is 80.9 cm³/mol. The van der Waals surface area contributed by atoms with Crippen molar-refractivity contribution in [3.8, 4) is 0 Å². The van der Waals surface area contributed by atoms with Crippen LogP contribution in [0.5, 0.6) is 0 Å². The first-order valence-electron chi connectivity index (χ1n) is 7.70. The van der Waals surface area contributed by atoms with E-state index in [0.717, 1.165) is 18.6 Å². The number of hydrogen-bond donors (Lipinski definition) is 1. The van der Waals surface area contributed by atoms with E-state index in [1.807, 2.05) is 18.2 Å². The largest absolute Gasteiger partial charge is 0.481 e. The van der Waals surface area contributed by atoms with Crippen molar-refractivity contribution in [2.24, 2.45) is 5.41 Å². The maximum absolute atomic E-state index is 12.6. The van der Waals surface area contributed by atoms with Gasteiger partial charge in [0.2, 0.25) is 0 Å². The second-order valence-electron chi connectivity index (χ2n) is 6.53. The number of carboxylic acids is 1. The first-order valence-corrected chi connectivity index (χ1v) is 7.70. The van der Waals surface area contributed by atoms with Crippen molar-refractivity contribution in [2.45, 2.75) is 25.7 Å². The lowest BCUT2D eigenvalue weighted by atomic mass is 9.90. The summed E-state index contributed by atoms with van der Waals surface area (Å²) in [6.07, 6.45) is 1.49. The second kappa shape index (κ2) is 5.72. The van der Waals surface area contributed by atoms with Gasteiger partial charge in [-0.1, -0.05) is 12.1 Å². The van der Waals surface area contributed by atoms with Crippen molar-refractivity contribution in [3.63, 3.8) is 0 Å². The van der Waals surface area contributed by atoms with E-state index in [1.165, 1.54) is 0 Å². The molecule has 1 N–H and O–H groups in total. The first-order chi connectivity index (χ1) is 10.5. The molecule has 0 aromatic heterocycles. The van der Waals surface area contributed by atoms with E-state index in [9.17, 15) is 14.7 Å². The maximum Gasteiger partial charge on any atom is 0.311 e. The van der Waals surface area contributed by atoms with Gasteiger partial charge in [0.25, 0.3) is 5.91 Å². The Balaban J connectivity index is 1.75. The Bertz CT molecular complexity index is 594. The third-order valence-electron chi connectivity index (χ3n) is 4.81. The number of likely N-dealkylation sites (tertiary alicyclic amines) is 1. The standard InChI is InChI=1S/C17H21NO4/c1-17(16(20)21)6-7-18(11-17)15(19)13-4-2-3-12(9-13)14-5-8-22-10-14/h2-4,9,14H,5-8,10-11H2,1H3,(H,20,21). The number of benzene rings is 1. The Morgan fingerprint density at radius 2 is 2.23 bits per heavy atom. The van der Waals surface area contributed by atoms with Crippen LogP contribution in [-0.4, -0.2) is 48.2 Å². The molecule has 22 heavy (non-hydrogen) atoms. The summed E-state index contributed by atoms with van der Waals surface area (Å²) in [5.41, 5.74) is 0.939. The number of carboxylic acid groups (broad SMARTS) is 1. The molecule has 2 fully saturated rings. The molecule has 118 valence electrons. The van der Waals surface area contributed by atoms with Crippen LogP contribution >= 0.6 is 0 Å². The lowest BCUT2D eigenvalue weighted by molar-refractivity contribution is -0.147. The molecule has 3 rings (SSSR count). The Morgan fingerprint density at radius 3 is 2.86 bits per heavy atom. The molecule has 1 amide bonds. The number of hydrogen-bond acceptors (Lipinski definition) is 3. The van der Waals surface area contributed by atoms with Gasteiger partial charge in [-0.2, -0.15) is 0 Å². The monoisotopic (exact) mass is 303 g/mol. The summed E-state index contributed by atoms with van der Waals surface area (Å²) in [6.45, 7) is 3.95. The minimum absolute atomic E-state index is 0.0780. The van der Waals surface area contributed by atoms with E-state index in [0.29, 0.717) is 31.1 Å². The highest BCUT2D eigenvalue weighted by molar-refractivity contribution is 5.95. The molecular formula is C17H21NO4. The summed E-state index contributed by atoms with van der Waals surface area (Å²) < 4.78 is 5.40. The molecule has 2 aliphatic rings. The van der Waals surface area contributed by atoms with Gasteiger partial charge < -0.3 is 14.7 Å². The quantitative estimate of drug-likeness (QED) is 0.929. The van der Waals surface area contributed by atoms with Crippen molar-refractivity contribution in [3.05, 3.63) is 35.4 Å². The van der Waals surface area contributed by atoms with Gasteiger partial charge in [-0.25, -0.2) is 0 Å². The highest BCUT2D eigenvalue weighted by Gasteiger charge is 2.42. The SMILES string of the molecule is CC1(C(=O)O)CCN(C(=O)c2cccc(C3CCOC3)c2)C1. The van der Waals surface area contributed by atoms with Gasteiger partial charge >= 0.3 is 5.97 Å². The molecule has 0 bridgehead atoms. The minimum Gasteiger partial charge on any atom is -0.481 e. The summed E-state index contributed by atoms with van der Waals surface area (Å²) in [5, 5.41) is 9.28. The smallest absolute Gasteiger partial charge is 0.311 e. The Hall–Kier alpha value is -1.88. The van der Waals surface area contributed by atoms with Gasteiger partial charge in [0.1, 0.15) is 0 Å². The van der Waals surface area contributed by atoms with Crippen LogP contribution < -0.4 is 0 Å². The van der Waals surface area contributed by atoms with Crippen molar-refractivity contribution < 1.29 is 19.4 Å². The van der Waals surface area contributed by atoms with Crippen LogP contribution in [0, 0.1) is 5.41 Å². The highest BCUT2D eigenvalue weighted by atomic mass is 16.5. The Kier molecular flexibility index (Phi) is 3.91. The zero-order valence-electron chi connectivity index (χ0n) is 12.7. The van der Waals surface area contributed by atoms with Crippen LogP contribution in [0.4, 0.5) is 0 Å². The van der Waals surface area contributed by atoms with Gasteiger partial charge in [0, 0.05) is 31.2 Å². The van der Waals surface area contributed by atoms with Crippen LogP contribution in [0.15, 0.2) is 24.3 Å². The molecule has 0 radical (unpaired) electrons. The number of nitrogens with zero attached hydrogens (tertiary/aromatic N) is 1. The topological polar surface area (TPSA) is 66.8 Å². The van der Waals surface area contributed by atoms with Crippen LogP contribution in [0.25, 0.3) is 0 Å². The summed E-state index contributed by atoms with van der Waals surface area (Å²) in [6, 6.07) is 7.66. The van der Waals surface area contributed by atoms with Crippen LogP contribution in [-0.2, 0) is 9.53 Å². The van der Waals surface area contributed by atoms with Crippen LogP contribution in [0.2, 0.25) is 0 Å². The molecule has 5 nitrogen and oxygen atoms in total. The summed E-state index contributed by atoms with van der Waals surface area (Å²) in [4.78, 5) is 25.6. The van der Waals surface area contributed by atoms with E-state index < -0.39 is 11.4 Å². The van der Waals surface area contributed by atoms with Gasteiger partial charge in [-0.3, -0.25) is 9.59 Å². The van der Waals surface area contributed by atoms with Crippen LogP contribution in [0.3, 0.4) is 0 Å². The molecule has 2 atom stereocenters. The summed E-state index contributed by atoms with van der Waals surface area (Å²) in [5.74, 6) is -0.555. The lowest BCUT2D eigenvalue weighted by Crippen LogP contribution is -2.34. The fourth-order valence-electron chi connectivity index (χ4n) is 3.21. The van der Waals surface area contributed by atoms with Crippen molar-refractivity contribution in [1.82, 2.24) is 4.90 Å². The molecule has 2 heterocycles. The molecule has 2 unspecified atom stereocenters. The first kappa shape index (κ1) is 15.0. The minimum atomic E-state index is -0.834.